The first kappa shape index (κ1) is 28.0. The molecule has 0 aliphatic rings. The van der Waals surface area contributed by atoms with E-state index < -0.39 is 30.1 Å². The molecule has 0 bridgehead atoms. The highest BCUT2D eigenvalue weighted by molar-refractivity contribution is 5.81. The van der Waals surface area contributed by atoms with E-state index in [1.807, 2.05) is 34.6 Å². The van der Waals surface area contributed by atoms with Crippen molar-refractivity contribution in [2.75, 3.05) is 26.2 Å². The van der Waals surface area contributed by atoms with Crippen LogP contribution < -0.4 is 16.0 Å². The van der Waals surface area contributed by atoms with Gasteiger partial charge in [-0.2, -0.15) is 0 Å². The zero-order chi connectivity index (χ0) is 23.2. The normalized spacial score (nSPS) is 13.3. The first-order valence-corrected chi connectivity index (χ1v) is 11.0. The Morgan fingerprint density at radius 2 is 1.23 bits per heavy atom. The molecule has 0 radical (unpaired) electrons. The molecule has 0 aromatic rings. The minimum absolute atomic E-state index is 0.0841. The fourth-order valence-electron chi connectivity index (χ4n) is 2.49. The quantitative estimate of drug-likeness (QED) is 0.306. The van der Waals surface area contributed by atoms with E-state index >= 15 is 0 Å². The summed E-state index contributed by atoms with van der Waals surface area (Å²) < 4.78 is 10.9. The summed E-state index contributed by atoms with van der Waals surface area (Å²) in [5.74, 6) is -0.0841. The van der Waals surface area contributed by atoms with E-state index in [0.29, 0.717) is 26.2 Å². The highest BCUT2D eigenvalue weighted by atomic mass is 16.6. The highest BCUT2D eigenvalue weighted by Crippen LogP contribution is 2.13. The van der Waals surface area contributed by atoms with E-state index in [1.54, 1.807) is 18.7 Å². The molecule has 0 fully saturated rings. The third-order valence-electron chi connectivity index (χ3n) is 4.43. The van der Waals surface area contributed by atoms with Crippen molar-refractivity contribution in [3.8, 4) is 0 Å². The summed E-state index contributed by atoms with van der Waals surface area (Å²) in [5, 5.41) is 8.26. The number of unbranched alkanes of at least 4 members (excludes halogenated alkanes) is 2. The second kappa shape index (κ2) is 14.9. The molecule has 9 nitrogen and oxygen atoms in total. The first-order valence-electron chi connectivity index (χ1n) is 11.0. The molecule has 2 atom stereocenters. The zero-order valence-corrected chi connectivity index (χ0v) is 19.8. The second-order valence-electron chi connectivity index (χ2n) is 8.31. The number of alkyl carbamates (subject to hydrolysis) is 2. The van der Waals surface area contributed by atoms with Crippen LogP contribution in [0.2, 0.25) is 0 Å². The Kier molecular flexibility index (Phi) is 13.9. The van der Waals surface area contributed by atoms with Crippen molar-refractivity contribution in [1.82, 2.24) is 20.9 Å². The van der Waals surface area contributed by atoms with Gasteiger partial charge < -0.3 is 25.4 Å². The summed E-state index contributed by atoms with van der Waals surface area (Å²) >= 11 is 0. The van der Waals surface area contributed by atoms with Crippen molar-refractivity contribution in [1.29, 1.82) is 0 Å². The van der Waals surface area contributed by atoms with E-state index in [-0.39, 0.29) is 5.91 Å². The number of amides is 3. The predicted octanol–water partition coefficient (Wildman–Crippen LogP) is 3.20. The summed E-state index contributed by atoms with van der Waals surface area (Å²) in [7, 11) is 0. The van der Waals surface area contributed by atoms with Crippen LogP contribution in [0, 0.1) is 5.41 Å². The van der Waals surface area contributed by atoms with Crippen LogP contribution in [0.25, 0.3) is 0 Å². The van der Waals surface area contributed by atoms with Crippen LogP contribution in [-0.2, 0) is 14.3 Å². The van der Waals surface area contributed by atoms with Crippen molar-refractivity contribution in [3.05, 3.63) is 0 Å². The molecular weight excluding hydrogens is 388 g/mol. The molecule has 3 amide bonds. The van der Waals surface area contributed by atoms with Gasteiger partial charge in [0.05, 0.1) is 0 Å². The lowest BCUT2D eigenvalue weighted by molar-refractivity contribution is -0.129. The van der Waals surface area contributed by atoms with Gasteiger partial charge in [0.25, 0.3) is 0 Å². The zero-order valence-electron chi connectivity index (χ0n) is 19.8. The van der Waals surface area contributed by atoms with Crippen LogP contribution >= 0.6 is 0 Å². The van der Waals surface area contributed by atoms with Crippen LogP contribution in [0.5, 0.6) is 0 Å². The third-order valence-corrected chi connectivity index (χ3v) is 4.43. The van der Waals surface area contributed by atoms with Crippen molar-refractivity contribution in [2.45, 2.75) is 86.6 Å². The van der Waals surface area contributed by atoms with Gasteiger partial charge in [-0.3, -0.25) is 4.79 Å². The highest BCUT2D eigenvalue weighted by Gasteiger charge is 2.27. The molecule has 0 rings (SSSR count). The SMILES string of the molecule is CCCCNC(=O)OC(C)N(CCNC(=O)C(C)(C)C)C(C)OC(=O)NCCCC. The van der Waals surface area contributed by atoms with Crippen LogP contribution in [0.15, 0.2) is 0 Å². The molecule has 0 spiro atoms. The van der Waals surface area contributed by atoms with Gasteiger partial charge in [-0.15, -0.1) is 0 Å². The molecule has 0 saturated carbocycles. The van der Waals surface area contributed by atoms with Gasteiger partial charge >= 0.3 is 12.2 Å². The second-order valence-corrected chi connectivity index (χ2v) is 8.31. The first-order chi connectivity index (χ1) is 14.0. The average Bonchev–Trinajstić information content (AvgIpc) is 2.64. The van der Waals surface area contributed by atoms with E-state index in [2.05, 4.69) is 16.0 Å². The van der Waals surface area contributed by atoms with Crippen molar-refractivity contribution < 1.29 is 23.9 Å². The lowest BCUT2D eigenvalue weighted by Gasteiger charge is -2.33. The third kappa shape index (κ3) is 12.5. The molecule has 0 saturated heterocycles. The predicted molar refractivity (Wildman–Crippen MR) is 117 cm³/mol. The van der Waals surface area contributed by atoms with E-state index in [0.717, 1.165) is 25.7 Å². The van der Waals surface area contributed by atoms with Gasteiger partial charge in [0.1, 0.15) is 0 Å². The monoisotopic (exact) mass is 430 g/mol. The van der Waals surface area contributed by atoms with Crippen LogP contribution in [-0.4, -0.2) is 61.6 Å². The Morgan fingerprint density at radius 1 is 0.800 bits per heavy atom. The number of rotatable bonds is 13. The number of nitrogens with zero attached hydrogens (tertiary/aromatic N) is 1. The Labute approximate surface area is 181 Å². The van der Waals surface area contributed by atoms with Gasteiger partial charge in [-0.25, -0.2) is 14.5 Å². The Hall–Kier alpha value is -2.03. The van der Waals surface area contributed by atoms with Crippen LogP contribution in [0.4, 0.5) is 9.59 Å². The Balaban J connectivity index is 4.90. The van der Waals surface area contributed by atoms with Crippen molar-refractivity contribution >= 4 is 18.1 Å². The summed E-state index contributed by atoms with van der Waals surface area (Å²) in [6.45, 7) is 14.7. The summed E-state index contributed by atoms with van der Waals surface area (Å²) in [6.07, 6.45) is 1.29. The fraction of sp³-hybridized carbons (Fsp3) is 0.857. The van der Waals surface area contributed by atoms with E-state index in [1.165, 1.54) is 0 Å². The smallest absolute Gasteiger partial charge is 0.408 e. The number of nitrogens with one attached hydrogen (secondary N) is 3. The molecule has 30 heavy (non-hydrogen) atoms. The minimum atomic E-state index is -0.656. The number of hydrogen-bond acceptors (Lipinski definition) is 6. The van der Waals surface area contributed by atoms with Gasteiger partial charge in [0, 0.05) is 31.6 Å². The summed E-state index contributed by atoms with van der Waals surface area (Å²) in [6, 6.07) is 0. The van der Waals surface area contributed by atoms with Gasteiger partial charge in [0.2, 0.25) is 5.91 Å². The van der Waals surface area contributed by atoms with Gasteiger partial charge in [-0.1, -0.05) is 47.5 Å². The van der Waals surface area contributed by atoms with E-state index in [9.17, 15) is 14.4 Å². The molecule has 2 unspecified atom stereocenters. The van der Waals surface area contributed by atoms with Crippen LogP contribution in [0.1, 0.15) is 74.1 Å². The van der Waals surface area contributed by atoms with Gasteiger partial charge in [0.15, 0.2) is 12.5 Å². The largest absolute Gasteiger partial charge is 0.430 e. The number of hydrogen-bond donors (Lipinski definition) is 3. The molecule has 0 heterocycles. The van der Waals surface area contributed by atoms with Crippen LogP contribution in [0.3, 0.4) is 0 Å². The number of carbonyl (C=O) groups is 3. The lowest BCUT2D eigenvalue weighted by Crippen LogP contribution is -2.50. The molecular formula is C21H42N4O5. The molecule has 0 aliphatic heterocycles. The molecule has 0 aliphatic carbocycles. The summed E-state index contributed by atoms with van der Waals surface area (Å²) in [4.78, 5) is 37.9. The number of ether oxygens (including phenoxy) is 2. The number of carbonyl (C=O) groups excluding carboxylic acids is 3. The maximum absolute atomic E-state index is 12.1. The van der Waals surface area contributed by atoms with Crippen molar-refractivity contribution in [2.24, 2.45) is 5.41 Å². The van der Waals surface area contributed by atoms with E-state index in [4.69, 9.17) is 9.47 Å². The molecule has 0 aromatic heterocycles. The Bertz CT molecular complexity index is 492. The standard InChI is InChI=1S/C21H42N4O5/c1-8-10-12-23-19(27)29-16(3)25(15-14-22-18(26)21(5,6)7)17(4)30-20(28)24-13-11-9-2/h16-17H,8-15H2,1-7H3,(H,22,26)(H,23,27)(H,24,28). The van der Waals surface area contributed by atoms with Gasteiger partial charge in [-0.05, 0) is 26.7 Å². The minimum Gasteiger partial charge on any atom is -0.430 e. The maximum Gasteiger partial charge on any atom is 0.408 e. The fourth-order valence-corrected chi connectivity index (χ4v) is 2.49. The molecule has 3 N–H and O–H groups in total. The average molecular weight is 431 g/mol. The molecule has 176 valence electrons. The lowest BCUT2D eigenvalue weighted by atomic mass is 9.96. The molecule has 0 aromatic carbocycles. The maximum atomic E-state index is 12.1. The summed E-state index contributed by atoms with van der Waals surface area (Å²) in [5.41, 5.74) is -0.507. The Morgan fingerprint density at radius 3 is 1.60 bits per heavy atom. The molecule has 9 heteroatoms. The topological polar surface area (TPSA) is 109 Å². The van der Waals surface area contributed by atoms with Crippen molar-refractivity contribution in [3.63, 3.8) is 0 Å².